The molecule has 1 aromatic rings. The standard InChI is InChI=1S/C15H25NO3/c1-4-18-14-7-5-6-8-15(14)19-12-11-16(3)10-9-13(2)17/h5-8,13,17H,4,9-12H2,1-3H3. The maximum Gasteiger partial charge on any atom is 0.161 e. The monoisotopic (exact) mass is 267 g/mol. The molecule has 108 valence electrons. The van der Waals surface area contributed by atoms with Crippen LogP contribution >= 0.6 is 0 Å². The van der Waals surface area contributed by atoms with E-state index in [1.165, 1.54) is 0 Å². The van der Waals surface area contributed by atoms with Crippen LogP contribution in [0.25, 0.3) is 0 Å². The fraction of sp³-hybridized carbons (Fsp3) is 0.600. The molecule has 0 spiro atoms. The maximum absolute atomic E-state index is 9.23. The van der Waals surface area contributed by atoms with Gasteiger partial charge in [-0.15, -0.1) is 0 Å². The van der Waals surface area contributed by atoms with Gasteiger partial charge in [-0.05, 0) is 39.4 Å². The van der Waals surface area contributed by atoms with E-state index in [4.69, 9.17) is 9.47 Å². The first-order chi connectivity index (χ1) is 9.13. The van der Waals surface area contributed by atoms with E-state index in [9.17, 15) is 5.11 Å². The van der Waals surface area contributed by atoms with Gasteiger partial charge in [0.05, 0.1) is 12.7 Å². The average molecular weight is 267 g/mol. The molecule has 1 aromatic carbocycles. The summed E-state index contributed by atoms with van der Waals surface area (Å²) in [6.45, 7) is 6.71. The normalized spacial score (nSPS) is 12.5. The molecular formula is C15H25NO3. The summed E-state index contributed by atoms with van der Waals surface area (Å²) in [5, 5.41) is 9.23. The van der Waals surface area contributed by atoms with Crippen LogP contribution in [-0.2, 0) is 0 Å². The van der Waals surface area contributed by atoms with Crippen LogP contribution in [0.3, 0.4) is 0 Å². The van der Waals surface area contributed by atoms with Gasteiger partial charge in [0.25, 0.3) is 0 Å². The van der Waals surface area contributed by atoms with E-state index in [2.05, 4.69) is 4.90 Å². The molecule has 1 rings (SSSR count). The van der Waals surface area contributed by atoms with Crippen molar-refractivity contribution < 1.29 is 14.6 Å². The van der Waals surface area contributed by atoms with E-state index >= 15 is 0 Å². The Morgan fingerprint density at radius 2 is 1.79 bits per heavy atom. The second-order valence-corrected chi connectivity index (χ2v) is 4.67. The van der Waals surface area contributed by atoms with Crippen LogP contribution in [0.5, 0.6) is 11.5 Å². The molecule has 0 aliphatic rings. The Labute approximate surface area is 115 Å². The molecule has 0 radical (unpaired) electrons. The smallest absolute Gasteiger partial charge is 0.161 e. The summed E-state index contributed by atoms with van der Waals surface area (Å²) in [5.74, 6) is 1.57. The SMILES string of the molecule is CCOc1ccccc1OCCN(C)CCC(C)O. The van der Waals surface area contributed by atoms with Gasteiger partial charge in [-0.1, -0.05) is 12.1 Å². The Morgan fingerprint density at radius 3 is 2.37 bits per heavy atom. The summed E-state index contributed by atoms with van der Waals surface area (Å²) in [5.41, 5.74) is 0. The number of rotatable bonds is 9. The molecule has 0 aliphatic carbocycles. The summed E-state index contributed by atoms with van der Waals surface area (Å²) in [4.78, 5) is 2.15. The van der Waals surface area contributed by atoms with Crippen molar-refractivity contribution in [3.8, 4) is 11.5 Å². The van der Waals surface area contributed by atoms with Gasteiger partial charge in [0.1, 0.15) is 6.61 Å². The van der Waals surface area contributed by atoms with Gasteiger partial charge in [-0.3, -0.25) is 0 Å². The van der Waals surface area contributed by atoms with Crippen LogP contribution in [0.2, 0.25) is 0 Å². The van der Waals surface area contributed by atoms with Crippen molar-refractivity contribution in [3.05, 3.63) is 24.3 Å². The first-order valence-electron chi connectivity index (χ1n) is 6.84. The number of nitrogens with zero attached hydrogens (tertiary/aromatic N) is 1. The number of aliphatic hydroxyl groups is 1. The van der Waals surface area contributed by atoms with Crippen molar-refractivity contribution in [2.45, 2.75) is 26.4 Å². The predicted octanol–water partition coefficient (Wildman–Crippen LogP) is 2.17. The Bertz CT molecular complexity index is 355. The van der Waals surface area contributed by atoms with Crippen LogP contribution in [0.15, 0.2) is 24.3 Å². The highest BCUT2D eigenvalue weighted by atomic mass is 16.5. The van der Waals surface area contributed by atoms with Crippen LogP contribution in [0.4, 0.5) is 0 Å². The van der Waals surface area contributed by atoms with Crippen molar-refractivity contribution in [2.24, 2.45) is 0 Å². The molecular weight excluding hydrogens is 242 g/mol. The summed E-state index contributed by atoms with van der Waals surface area (Å²) < 4.78 is 11.2. The van der Waals surface area contributed by atoms with Crippen LogP contribution in [0.1, 0.15) is 20.3 Å². The highest BCUT2D eigenvalue weighted by Crippen LogP contribution is 2.26. The molecule has 0 aromatic heterocycles. The molecule has 1 N–H and O–H groups in total. The number of hydrogen-bond donors (Lipinski definition) is 1. The Kier molecular flexibility index (Phi) is 7.30. The molecule has 19 heavy (non-hydrogen) atoms. The predicted molar refractivity (Wildman–Crippen MR) is 76.9 cm³/mol. The number of benzene rings is 1. The highest BCUT2D eigenvalue weighted by Gasteiger charge is 2.05. The molecule has 0 amide bonds. The van der Waals surface area contributed by atoms with E-state index in [1.54, 1.807) is 0 Å². The summed E-state index contributed by atoms with van der Waals surface area (Å²) in [6.07, 6.45) is 0.536. The minimum Gasteiger partial charge on any atom is -0.490 e. The van der Waals surface area contributed by atoms with Gasteiger partial charge in [0, 0.05) is 13.1 Å². The Hall–Kier alpha value is -1.26. The largest absolute Gasteiger partial charge is 0.490 e. The third kappa shape index (κ3) is 6.45. The summed E-state index contributed by atoms with van der Waals surface area (Å²) >= 11 is 0. The van der Waals surface area contributed by atoms with Crippen LogP contribution in [-0.4, -0.2) is 49.5 Å². The second-order valence-electron chi connectivity index (χ2n) is 4.67. The lowest BCUT2D eigenvalue weighted by atomic mass is 10.3. The number of likely N-dealkylation sites (N-methyl/N-ethyl adjacent to an activating group) is 1. The van der Waals surface area contributed by atoms with Crippen LogP contribution < -0.4 is 9.47 Å². The number of ether oxygens (including phenoxy) is 2. The van der Waals surface area contributed by atoms with Gasteiger partial charge >= 0.3 is 0 Å². The molecule has 0 fully saturated rings. The molecule has 0 aliphatic heterocycles. The lowest BCUT2D eigenvalue weighted by Gasteiger charge is -2.18. The summed E-state index contributed by atoms with van der Waals surface area (Å²) in [7, 11) is 2.03. The first kappa shape index (κ1) is 15.8. The quantitative estimate of drug-likeness (QED) is 0.744. The molecule has 1 atom stereocenters. The fourth-order valence-corrected chi connectivity index (χ4v) is 1.67. The topological polar surface area (TPSA) is 41.9 Å². The zero-order valence-electron chi connectivity index (χ0n) is 12.1. The van der Waals surface area contributed by atoms with E-state index in [0.717, 1.165) is 31.0 Å². The molecule has 4 heteroatoms. The van der Waals surface area contributed by atoms with Crippen molar-refractivity contribution in [1.82, 2.24) is 4.90 Å². The molecule has 4 nitrogen and oxygen atoms in total. The average Bonchev–Trinajstić information content (AvgIpc) is 2.39. The van der Waals surface area contributed by atoms with E-state index in [1.807, 2.05) is 45.2 Å². The van der Waals surface area contributed by atoms with Gasteiger partial charge in [-0.25, -0.2) is 0 Å². The van der Waals surface area contributed by atoms with E-state index in [-0.39, 0.29) is 6.10 Å². The molecule has 0 heterocycles. The Balaban J connectivity index is 2.32. The molecule has 0 bridgehead atoms. The van der Waals surface area contributed by atoms with Gasteiger partial charge in [0.15, 0.2) is 11.5 Å². The van der Waals surface area contributed by atoms with Crippen molar-refractivity contribution in [1.29, 1.82) is 0 Å². The minimum atomic E-state index is -0.248. The lowest BCUT2D eigenvalue weighted by Crippen LogP contribution is -2.27. The van der Waals surface area contributed by atoms with Gasteiger partial charge in [0.2, 0.25) is 0 Å². The van der Waals surface area contributed by atoms with E-state index < -0.39 is 0 Å². The van der Waals surface area contributed by atoms with Gasteiger partial charge in [-0.2, -0.15) is 0 Å². The number of aliphatic hydroxyl groups excluding tert-OH is 1. The Morgan fingerprint density at radius 1 is 1.16 bits per heavy atom. The third-order valence-electron chi connectivity index (χ3n) is 2.81. The van der Waals surface area contributed by atoms with Crippen molar-refractivity contribution >= 4 is 0 Å². The van der Waals surface area contributed by atoms with Crippen LogP contribution in [0, 0.1) is 0 Å². The highest BCUT2D eigenvalue weighted by molar-refractivity contribution is 5.39. The molecule has 0 saturated carbocycles. The van der Waals surface area contributed by atoms with Crippen molar-refractivity contribution in [3.63, 3.8) is 0 Å². The van der Waals surface area contributed by atoms with E-state index in [0.29, 0.717) is 13.2 Å². The first-order valence-corrected chi connectivity index (χ1v) is 6.84. The lowest BCUT2D eigenvalue weighted by molar-refractivity contribution is 0.156. The zero-order chi connectivity index (χ0) is 14.1. The van der Waals surface area contributed by atoms with Gasteiger partial charge < -0.3 is 19.5 Å². The molecule has 0 saturated heterocycles. The second kappa shape index (κ2) is 8.77. The number of hydrogen-bond acceptors (Lipinski definition) is 4. The zero-order valence-corrected chi connectivity index (χ0v) is 12.1. The minimum absolute atomic E-state index is 0.248. The third-order valence-corrected chi connectivity index (χ3v) is 2.81. The summed E-state index contributed by atoms with van der Waals surface area (Å²) in [6, 6.07) is 7.71. The number of para-hydroxylation sites is 2. The molecule has 1 unspecified atom stereocenters. The van der Waals surface area contributed by atoms with Crippen molar-refractivity contribution in [2.75, 3.05) is 33.4 Å². The maximum atomic E-state index is 9.23. The fourth-order valence-electron chi connectivity index (χ4n) is 1.67.